The number of rotatable bonds is 5. The first-order valence-electron chi connectivity index (χ1n) is 13.1. The van der Waals surface area contributed by atoms with E-state index in [4.69, 9.17) is 0 Å². The molecule has 0 amide bonds. The Morgan fingerprint density at radius 1 is 0.763 bits per heavy atom. The van der Waals surface area contributed by atoms with E-state index >= 15 is 0 Å². The third kappa shape index (κ3) is 7.88. The first kappa shape index (κ1) is 29.8. The van der Waals surface area contributed by atoms with Gasteiger partial charge < -0.3 is 0 Å². The Labute approximate surface area is 237 Å². The zero-order valence-corrected chi connectivity index (χ0v) is 24.6. The largest absolute Gasteiger partial charge is 0.0149 e. The molecular weight excluding hydrogens is 510 g/mol. The van der Waals surface area contributed by atoms with Crippen LogP contribution < -0.4 is 14.2 Å². The molecule has 0 heterocycles. The summed E-state index contributed by atoms with van der Waals surface area (Å²) in [7, 11) is 0. The first-order chi connectivity index (χ1) is 17.6. The Bertz CT molecular complexity index is 1440. The van der Waals surface area contributed by atoms with Crippen LogP contribution in [0.5, 0.6) is 0 Å². The van der Waals surface area contributed by atoms with E-state index in [1.807, 2.05) is 36.4 Å². The van der Waals surface area contributed by atoms with Gasteiger partial charge >= 0.3 is 132 Å². The van der Waals surface area contributed by atoms with Gasteiger partial charge in [0.05, 0.1) is 0 Å². The predicted molar refractivity (Wildman–Crippen MR) is 173 cm³/mol. The van der Waals surface area contributed by atoms with Gasteiger partial charge in [0.1, 0.15) is 0 Å². The molecular formula is C35H43NSiTi. The summed E-state index contributed by atoms with van der Waals surface area (Å²) in [6.45, 7) is 9.10. The summed E-state index contributed by atoms with van der Waals surface area (Å²) in [5.74, 6) is 0. The van der Waals surface area contributed by atoms with Crippen molar-refractivity contribution in [3.63, 3.8) is 0 Å². The Morgan fingerprint density at radius 2 is 1.32 bits per heavy atom. The number of hydrogen-bond acceptors (Lipinski definition) is 1. The molecule has 0 aliphatic heterocycles. The van der Waals surface area contributed by atoms with Gasteiger partial charge in [0, 0.05) is 0 Å². The van der Waals surface area contributed by atoms with Gasteiger partial charge in [-0.05, 0) is 22.1 Å². The zero-order valence-electron chi connectivity index (χ0n) is 23.0. The van der Waals surface area contributed by atoms with Gasteiger partial charge in [-0.3, -0.25) is 0 Å². The van der Waals surface area contributed by atoms with E-state index in [0.717, 1.165) is 0 Å². The van der Waals surface area contributed by atoms with Crippen molar-refractivity contribution in [2.45, 2.75) is 43.7 Å². The normalized spacial score (nSPS) is 13.9. The summed E-state index contributed by atoms with van der Waals surface area (Å²) >= 11 is -2.26. The van der Waals surface area contributed by atoms with Crippen molar-refractivity contribution < 1.29 is 16.8 Å². The van der Waals surface area contributed by atoms with Crippen molar-refractivity contribution >= 4 is 45.2 Å². The second kappa shape index (κ2) is 12.9. The molecule has 196 valence electrons. The second-order valence-corrected chi connectivity index (χ2v) is 17.6. The maximum atomic E-state index is 3.96. The van der Waals surface area contributed by atoms with Gasteiger partial charge in [-0.15, -0.1) is 0 Å². The molecule has 3 aromatic carbocycles. The van der Waals surface area contributed by atoms with Crippen LogP contribution in [0.15, 0.2) is 96.6 Å². The summed E-state index contributed by atoms with van der Waals surface area (Å²) in [6, 6.07) is 25.3. The van der Waals surface area contributed by atoms with Crippen LogP contribution in [-0.4, -0.2) is 16.5 Å². The molecule has 0 unspecified atom stereocenters. The monoisotopic (exact) mass is 553 g/mol. The van der Waals surface area contributed by atoms with Crippen LogP contribution in [0.25, 0.3) is 34.3 Å². The molecule has 0 saturated heterocycles. The van der Waals surface area contributed by atoms with Gasteiger partial charge in [0.2, 0.25) is 0 Å². The van der Waals surface area contributed by atoms with Crippen molar-refractivity contribution in [2.24, 2.45) is 0 Å². The van der Waals surface area contributed by atoms with E-state index in [1.165, 1.54) is 38.3 Å². The number of benzene rings is 3. The fourth-order valence-electron chi connectivity index (χ4n) is 5.34. The summed E-state index contributed by atoms with van der Waals surface area (Å²) in [5, 5.41) is 7.77. The number of allylic oxidation sites excluding steroid dienone is 4. The van der Waals surface area contributed by atoms with E-state index in [-0.39, 0.29) is 16.5 Å². The standard InChI is InChI=1S/C16H14.C13H9.C4H10N.2CH3.H4Si.Ti/c1-3-9-15(10-4-1)13-7-8-14-16-11-5-2-6-12-16;1-9-5-12-7-10-3-2-4-11(10)8-13(12)6-9;1-4(2,3)5;;;;/h1-14H;2-5,7-8H,1H3;5H,1-3H3;2*1H3;1H4;/q;;-1;;;;+1. The Hall–Kier alpha value is -2.75. The second-order valence-electron chi connectivity index (χ2n) is 11.3. The molecule has 2 aliphatic rings. The van der Waals surface area contributed by atoms with Crippen molar-refractivity contribution in [3.05, 3.63) is 129 Å². The molecule has 2 aliphatic carbocycles. The molecule has 3 aromatic rings. The van der Waals surface area contributed by atoms with Gasteiger partial charge in [0.15, 0.2) is 0 Å². The van der Waals surface area contributed by atoms with Crippen molar-refractivity contribution in [2.75, 3.05) is 0 Å². The molecule has 0 spiro atoms. The molecule has 5 rings (SSSR count). The van der Waals surface area contributed by atoms with Crippen LogP contribution in [0.2, 0.25) is 10.5 Å². The van der Waals surface area contributed by atoms with Crippen LogP contribution >= 0.6 is 0 Å². The van der Waals surface area contributed by atoms with E-state index in [0.29, 0.717) is 0 Å². The average Bonchev–Trinajstić information content (AvgIpc) is 3.43. The molecule has 0 aromatic heterocycles. The molecule has 0 saturated carbocycles. The molecule has 0 bridgehead atoms. The summed E-state index contributed by atoms with van der Waals surface area (Å²) in [6.07, 6.45) is 17.3. The molecule has 38 heavy (non-hydrogen) atoms. The van der Waals surface area contributed by atoms with E-state index in [2.05, 4.69) is 127 Å². The maximum Gasteiger partial charge on any atom is -0.0149 e. The van der Waals surface area contributed by atoms with Crippen LogP contribution in [-0.2, 0) is 16.8 Å². The number of fused-ring (bicyclic) bond motifs is 2. The van der Waals surface area contributed by atoms with Crippen molar-refractivity contribution in [3.8, 4) is 0 Å². The fraction of sp³-hybridized carbons (Fsp3) is 0.200. The van der Waals surface area contributed by atoms with Crippen LogP contribution in [0.1, 0.15) is 49.9 Å². The molecule has 0 atom stereocenters. The van der Waals surface area contributed by atoms with Crippen molar-refractivity contribution in [1.82, 2.24) is 3.80 Å². The van der Waals surface area contributed by atoms with Gasteiger partial charge in [-0.1, -0.05) is 85.0 Å². The third-order valence-corrected chi connectivity index (χ3v) is 11.6. The zero-order chi connectivity index (χ0) is 26.5. The average molecular weight is 554 g/mol. The summed E-state index contributed by atoms with van der Waals surface area (Å²) < 4.78 is 5.57. The Kier molecular flexibility index (Phi) is 10.1. The topological polar surface area (TPSA) is 12.0 Å². The molecule has 1 N–H and O–H groups in total. The Morgan fingerprint density at radius 3 is 1.84 bits per heavy atom. The summed E-state index contributed by atoms with van der Waals surface area (Å²) in [4.78, 5) is 0. The minimum Gasteiger partial charge on any atom is -0.0149 e. The van der Waals surface area contributed by atoms with E-state index in [9.17, 15) is 0 Å². The first-order valence-corrected chi connectivity index (χ1v) is 17.8. The van der Waals surface area contributed by atoms with Gasteiger partial charge in [0.25, 0.3) is 0 Å². The fourth-order valence-corrected chi connectivity index (χ4v) is 11.5. The van der Waals surface area contributed by atoms with E-state index in [1.54, 1.807) is 3.88 Å². The Balaban J connectivity index is 0.000000213. The molecule has 3 heteroatoms. The number of nitrogens with one attached hydrogen (secondary N) is 1. The number of hydrogen-bond donors (Lipinski definition) is 1. The quantitative estimate of drug-likeness (QED) is 0.280. The van der Waals surface area contributed by atoms with Crippen LogP contribution in [0, 0.1) is 0 Å². The molecule has 0 radical (unpaired) electrons. The molecule has 0 fully saturated rings. The smallest absolute Gasteiger partial charge is 0.0149 e. The van der Waals surface area contributed by atoms with Crippen molar-refractivity contribution in [1.29, 1.82) is 0 Å². The van der Waals surface area contributed by atoms with E-state index < -0.39 is 16.8 Å². The third-order valence-electron chi connectivity index (χ3n) is 6.44. The minimum absolute atomic E-state index is 0. The SMILES string of the molecule is C(C=Cc1ccccc1)=Cc1ccccc1.CC1=Cc2cc3c(cc2=[C]1[Ti]([CH3])([CH3])[NH]C(C)(C)C)C=CC=3.[SiH4]. The predicted octanol–water partition coefficient (Wildman–Crippen LogP) is 6.53. The molecule has 1 nitrogen and oxygen atoms in total. The maximum absolute atomic E-state index is 3.96. The summed E-state index contributed by atoms with van der Waals surface area (Å²) in [5.41, 5.74) is 6.84. The van der Waals surface area contributed by atoms with Crippen LogP contribution in [0.3, 0.4) is 0 Å². The van der Waals surface area contributed by atoms with Crippen LogP contribution in [0.4, 0.5) is 0 Å². The minimum atomic E-state index is -2.26. The van der Waals surface area contributed by atoms with Gasteiger partial charge in [-0.2, -0.15) is 0 Å². The van der Waals surface area contributed by atoms with Gasteiger partial charge in [-0.25, -0.2) is 0 Å².